The lowest BCUT2D eigenvalue weighted by molar-refractivity contribution is -0.0912. The van der Waals surface area contributed by atoms with Gasteiger partial charge >= 0.3 is 0 Å². The second kappa shape index (κ2) is 6.97. The maximum Gasteiger partial charge on any atom is 0.126 e. The Hall–Kier alpha value is -2.07. The van der Waals surface area contributed by atoms with Gasteiger partial charge in [-0.1, -0.05) is 13.0 Å². The zero-order valence-electron chi connectivity index (χ0n) is 20.1. The van der Waals surface area contributed by atoms with E-state index >= 15 is 0 Å². The first-order valence-corrected chi connectivity index (χ1v) is 13.3. The number of likely N-dealkylation sites (tertiary alicyclic amines) is 1. The fourth-order valence-electron chi connectivity index (χ4n) is 9.29. The van der Waals surface area contributed by atoms with Gasteiger partial charge in [-0.25, -0.2) is 4.98 Å². The smallest absolute Gasteiger partial charge is 0.126 e. The first kappa shape index (κ1) is 20.3. The predicted molar refractivity (Wildman–Crippen MR) is 132 cm³/mol. The van der Waals surface area contributed by atoms with E-state index in [0.29, 0.717) is 35.1 Å². The molecule has 4 aliphatic carbocycles. The third-order valence-corrected chi connectivity index (χ3v) is 10.4. The number of rotatable bonds is 4. The van der Waals surface area contributed by atoms with E-state index < -0.39 is 0 Å². The number of hydrogen-bond acceptors (Lipinski definition) is 4. The van der Waals surface area contributed by atoms with Crippen molar-refractivity contribution in [2.24, 2.45) is 23.2 Å². The number of nitrogens with one attached hydrogen (secondary N) is 1. The fourth-order valence-corrected chi connectivity index (χ4v) is 9.29. The predicted octanol–water partition coefficient (Wildman–Crippen LogP) is 5.29. The van der Waals surface area contributed by atoms with Crippen LogP contribution in [0.2, 0.25) is 0 Å². The van der Waals surface area contributed by atoms with Gasteiger partial charge < -0.3 is 10.4 Å². The second-order valence-corrected chi connectivity index (χ2v) is 12.1. The van der Waals surface area contributed by atoms with E-state index in [1.807, 2.05) is 12.3 Å². The minimum Gasteiger partial charge on any atom is -0.508 e. The maximum atomic E-state index is 10.6. The summed E-state index contributed by atoms with van der Waals surface area (Å²) in [4.78, 5) is 7.58. The molecule has 4 heteroatoms. The molecule has 5 aliphatic rings. The Bertz CT molecular complexity index is 1100. The first-order chi connectivity index (χ1) is 16.0. The highest BCUT2D eigenvalue weighted by Crippen LogP contribution is 2.73. The third-order valence-electron chi connectivity index (χ3n) is 10.4. The van der Waals surface area contributed by atoms with Crippen LogP contribution in [0.3, 0.4) is 0 Å². The molecule has 0 radical (unpaired) electrons. The van der Waals surface area contributed by atoms with Crippen LogP contribution in [-0.2, 0) is 11.8 Å². The van der Waals surface area contributed by atoms with Crippen LogP contribution < -0.4 is 5.32 Å². The van der Waals surface area contributed by atoms with Gasteiger partial charge in [0.1, 0.15) is 11.6 Å². The molecule has 2 N–H and O–H groups in total. The van der Waals surface area contributed by atoms with Crippen LogP contribution >= 0.6 is 0 Å². The van der Waals surface area contributed by atoms with Crippen molar-refractivity contribution < 1.29 is 5.11 Å². The molecule has 7 rings (SSSR count). The van der Waals surface area contributed by atoms with Gasteiger partial charge in [0.05, 0.1) is 0 Å². The van der Waals surface area contributed by atoms with Crippen LogP contribution in [0.15, 0.2) is 36.5 Å². The number of phenolic OH excluding ortho intramolecular Hbond substituents is 1. The van der Waals surface area contributed by atoms with Gasteiger partial charge in [0.15, 0.2) is 0 Å². The number of nitrogens with zero attached hydrogens (tertiary/aromatic N) is 2. The summed E-state index contributed by atoms with van der Waals surface area (Å²) in [5.74, 6) is 3.67. The molecule has 2 heterocycles. The summed E-state index contributed by atoms with van der Waals surface area (Å²) >= 11 is 0. The van der Waals surface area contributed by atoms with Crippen molar-refractivity contribution in [1.29, 1.82) is 0 Å². The molecule has 1 aliphatic heterocycles. The average molecular weight is 444 g/mol. The van der Waals surface area contributed by atoms with Gasteiger partial charge in [-0.15, -0.1) is 0 Å². The van der Waals surface area contributed by atoms with Gasteiger partial charge in [0.25, 0.3) is 0 Å². The number of phenols is 1. The highest BCUT2D eigenvalue weighted by atomic mass is 16.3. The fraction of sp³-hybridized carbons (Fsp3) is 0.621. The lowest BCUT2D eigenvalue weighted by atomic mass is 9.43. The largest absolute Gasteiger partial charge is 0.508 e. The Morgan fingerprint density at radius 2 is 2.03 bits per heavy atom. The van der Waals surface area contributed by atoms with E-state index in [0.717, 1.165) is 11.7 Å². The Labute approximate surface area is 197 Å². The third kappa shape index (κ3) is 2.76. The summed E-state index contributed by atoms with van der Waals surface area (Å²) in [6.45, 7) is 7.20. The number of hydrogen-bond donors (Lipinski definition) is 2. The number of pyridine rings is 1. The molecule has 1 aromatic carbocycles. The highest BCUT2D eigenvalue weighted by molar-refractivity contribution is 5.51. The van der Waals surface area contributed by atoms with Crippen LogP contribution in [0.4, 0.5) is 5.82 Å². The van der Waals surface area contributed by atoms with Crippen molar-refractivity contribution in [1.82, 2.24) is 9.88 Å². The second-order valence-electron chi connectivity index (χ2n) is 12.1. The van der Waals surface area contributed by atoms with Crippen molar-refractivity contribution >= 4 is 5.82 Å². The van der Waals surface area contributed by atoms with Gasteiger partial charge in [0.2, 0.25) is 0 Å². The quantitative estimate of drug-likeness (QED) is 0.674. The van der Waals surface area contributed by atoms with Crippen molar-refractivity contribution in [3.05, 3.63) is 53.2 Å². The van der Waals surface area contributed by atoms with Crippen LogP contribution in [0.5, 0.6) is 5.75 Å². The normalized spacial score (nSPS) is 39.1. The summed E-state index contributed by atoms with van der Waals surface area (Å²) in [5, 5.41) is 14.5. The number of aromatic nitrogens is 1. The number of benzene rings is 1. The molecule has 1 aromatic heterocycles. The van der Waals surface area contributed by atoms with E-state index in [4.69, 9.17) is 0 Å². The molecule has 4 fully saturated rings. The molecule has 174 valence electrons. The molecule has 5 unspecified atom stereocenters. The lowest BCUT2D eigenvalue weighted by Gasteiger charge is -2.66. The summed E-state index contributed by atoms with van der Waals surface area (Å²) < 4.78 is 0. The summed E-state index contributed by atoms with van der Waals surface area (Å²) in [7, 11) is 0. The van der Waals surface area contributed by atoms with E-state index in [-0.39, 0.29) is 5.41 Å². The molecular formula is C29H37N3O. The monoisotopic (exact) mass is 443 g/mol. The standard InChI is InChI=1S/C29H37N3O/c1-18-8-11-30-26(13-18)31-24-7-9-28-16-19(2)27(24)29(28)10-12-32(17-20-3-4-20)25(28)14-21-5-6-22(33)15-23(21)29/h5-6,8,11,13,15,19-20,24-25,27,33H,3-4,7,9-10,12,14,16-17H2,1-2H3,(H,30,31)/t19-,24?,25?,27?,28?,29?/m0/s1. The van der Waals surface area contributed by atoms with Gasteiger partial charge in [-0.2, -0.15) is 0 Å². The van der Waals surface area contributed by atoms with E-state index in [2.05, 4.69) is 53.3 Å². The number of aromatic hydroxyl groups is 1. The Morgan fingerprint density at radius 3 is 2.85 bits per heavy atom. The van der Waals surface area contributed by atoms with Crippen LogP contribution in [0.25, 0.3) is 0 Å². The van der Waals surface area contributed by atoms with E-state index in [9.17, 15) is 5.11 Å². The van der Waals surface area contributed by atoms with E-state index in [1.165, 1.54) is 74.7 Å². The SMILES string of the molecule is Cc1ccnc(NC2CCC34C[C@H](C)C2C32CCN(CC3CC3)C4Cc3ccc(O)cc32)c1. The molecule has 2 aromatic rings. The minimum atomic E-state index is 0.170. The molecule has 0 amide bonds. The summed E-state index contributed by atoms with van der Waals surface area (Å²) in [6, 6.07) is 11.7. The minimum absolute atomic E-state index is 0.170. The Kier molecular flexibility index (Phi) is 4.29. The first-order valence-electron chi connectivity index (χ1n) is 13.3. The molecule has 4 bridgehead atoms. The Morgan fingerprint density at radius 1 is 1.15 bits per heavy atom. The molecule has 4 nitrogen and oxygen atoms in total. The number of anilines is 1. The number of fused-ring (bicyclic) bond motifs is 1. The molecular weight excluding hydrogens is 406 g/mol. The summed E-state index contributed by atoms with van der Waals surface area (Å²) in [5.41, 5.74) is 4.77. The lowest BCUT2D eigenvalue weighted by Crippen LogP contribution is -2.69. The topological polar surface area (TPSA) is 48.4 Å². The molecule has 1 saturated heterocycles. The van der Waals surface area contributed by atoms with Gasteiger partial charge in [-0.05, 0) is 123 Å². The molecule has 0 spiro atoms. The average Bonchev–Trinajstić information content (AvgIpc) is 3.57. The molecule has 33 heavy (non-hydrogen) atoms. The molecule has 3 saturated carbocycles. The Balaban J connectivity index is 1.35. The number of piperidine rings is 1. The van der Waals surface area contributed by atoms with Crippen LogP contribution in [-0.4, -0.2) is 40.2 Å². The zero-order valence-corrected chi connectivity index (χ0v) is 20.1. The summed E-state index contributed by atoms with van der Waals surface area (Å²) in [6.07, 6.45) is 11.1. The maximum absolute atomic E-state index is 10.6. The number of aryl methyl sites for hydroxylation is 1. The van der Waals surface area contributed by atoms with E-state index in [1.54, 1.807) is 0 Å². The zero-order chi connectivity index (χ0) is 22.4. The van der Waals surface area contributed by atoms with Crippen LogP contribution in [0.1, 0.15) is 62.1 Å². The van der Waals surface area contributed by atoms with Crippen molar-refractivity contribution in [3.8, 4) is 5.75 Å². The molecule has 6 atom stereocenters. The van der Waals surface area contributed by atoms with Gasteiger partial charge in [-0.3, -0.25) is 4.90 Å². The van der Waals surface area contributed by atoms with Crippen LogP contribution in [0, 0.1) is 30.1 Å². The van der Waals surface area contributed by atoms with Crippen molar-refractivity contribution in [3.63, 3.8) is 0 Å². The van der Waals surface area contributed by atoms with Crippen molar-refractivity contribution in [2.45, 2.75) is 76.3 Å². The van der Waals surface area contributed by atoms with Gasteiger partial charge in [0, 0.05) is 30.2 Å². The highest BCUT2D eigenvalue weighted by Gasteiger charge is 2.73. The van der Waals surface area contributed by atoms with Crippen molar-refractivity contribution in [2.75, 3.05) is 18.4 Å².